The lowest BCUT2D eigenvalue weighted by Gasteiger charge is -2.22. The predicted octanol–water partition coefficient (Wildman–Crippen LogP) is 2.58. The van der Waals surface area contributed by atoms with E-state index < -0.39 is 5.60 Å². The quantitative estimate of drug-likeness (QED) is 0.831. The summed E-state index contributed by atoms with van der Waals surface area (Å²) in [5.41, 5.74) is 1.12. The van der Waals surface area contributed by atoms with E-state index in [9.17, 15) is 4.79 Å². The van der Waals surface area contributed by atoms with E-state index in [1.54, 1.807) is 0 Å². The summed E-state index contributed by atoms with van der Waals surface area (Å²) >= 11 is 0. The Bertz CT molecular complexity index is 513. The lowest BCUT2D eigenvalue weighted by Crippen LogP contribution is -2.24. The Labute approximate surface area is 107 Å². The van der Waals surface area contributed by atoms with Gasteiger partial charge in [0.25, 0.3) is 5.56 Å². The summed E-state index contributed by atoms with van der Waals surface area (Å²) in [5.74, 6) is 1.30. The first-order valence-corrected chi connectivity index (χ1v) is 6.85. The smallest absolute Gasteiger partial charge is 0.256 e. The first-order valence-electron chi connectivity index (χ1n) is 6.85. The maximum atomic E-state index is 12.1. The highest BCUT2D eigenvalue weighted by Crippen LogP contribution is 2.35. The standard InChI is InChI=1S/C14H20N2O2/c1-14(2)11-10(8-18-14)13(17)16-12(15-11)9-6-4-3-5-7-9/h9H,3-8H2,1-2H3,(H,15,16,17). The first kappa shape index (κ1) is 11.9. The van der Waals surface area contributed by atoms with Crippen LogP contribution in [0.2, 0.25) is 0 Å². The fourth-order valence-corrected chi connectivity index (χ4v) is 3.04. The van der Waals surface area contributed by atoms with Crippen molar-refractivity contribution in [3.05, 3.63) is 27.4 Å². The maximum absolute atomic E-state index is 12.1. The van der Waals surface area contributed by atoms with Crippen LogP contribution in [0.5, 0.6) is 0 Å². The molecule has 0 radical (unpaired) electrons. The Kier molecular flexibility index (Phi) is 2.77. The van der Waals surface area contributed by atoms with E-state index in [4.69, 9.17) is 9.72 Å². The third kappa shape index (κ3) is 1.88. The van der Waals surface area contributed by atoms with Gasteiger partial charge in [-0.15, -0.1) is 0 Å². The van der Waals surface area contributed by atoms with Gasteiger partial charge in [0.1, 0.15) is 11.4 Å². The molecule has 1 N–H and O–H groups in total. The molecule has 0 spiro atoms. The van der Waals surface area contributed by atoms with E-state index in [0.29, 0.717) is 18.1 Å². The molecule has 18 heavy (non-hydrogen) atoms. The van der Waals surface area contributed by atoms with Crippen molar-refractivity contribution >= 4 is 0 Å². The molecule has 1 aromatic rings. The minimum atomic E-state index is -0.424. The van der Waals surface area contributed by atoms with Crippen LogP contribution in [0.1, 0.15) is 69.0 Å². The molecule has 0 aromatic carbocycles. The molecule has 4 heteroatoms. The Balaban J connectivity index is 2.03. The highest BCUT2D eigenvalue weighted by molar-refractivity contribution is 5.27. The second-order valence-electron chi connectivity index (χ2n) is 5.91. The van der Waals surface area contributed by atoms with Crippen molar-refractivity contribution < 1.29 is 4.74 Å². The minimum absolute atomic E-state index is 0.00820. The summed E-state index contributed by atoms with van der Waals surface area (Å²) in [6.07, 6.45) is 6.07. The summed E-state index contributed by atoms with van der Waals surface area (Å²) in [6, 6.07) is 0. The molecule has 0 saturated heterocycles. The average Bonchev–Trinajstić information content (AvgIpc) is 2.67. The van der Waals surface area contributed by atoms with Crippen LogP contribution in [0.4, 0.5) is 0 Å². The molecule has 2 heterocycles. The zero-order valence-corrected chi connectivity index (χ0v) is 11.1. The van der Waals surface area contributed by atoms with Gasteiger partial charge in [0.15, 0.2) is 0 Å². The predicted molar refractivity (Wildman–Crippen MR) is 68.5 cm³/mol. The van der Waals surface area contributed by atoms with Crippen molar-refractivity contribution in [3.63, 3.8) is 0 Å². The molecule has 2 aliphatic rings. The molecule has 0 bridgehead atoms. The summed E-state index contributed by atoms with van der Waals surface area (Å²) in [4.78, 5) is 19.8. The van der Waals surface area contributed by atoms with E-state index in [0.717, 1.165) is 24.4 Å². The number of hydrogen-bond acceptors (Lipinski definition) is 3. The van der Waals surface area contributed by atoms with Gasteiger partial charge >= 0.3 is 0 Å². The van der Waals surface area contributed by atoms with Crippen LogP contribution in [-0.2, 0) is 16.9 Å². The van der Waals surface area contributed by atoms with Crippen LogP contribution in [0, 0.1) is 0 Å². The second kappa shape index (κ2) is 4.19. The van der Waals surface area contributed by atoms with Crippen LogP contribution in [-0.4, -0.2) is 9.97 Å². The fourth-order valence-electron chi connectivity index (χ4n) is 3.04. The molecule has 0 amide bonds. The van der Waals surface area contributed by atoms with Crippen molar-refractivity contribution in [2.45, 2.75) is 64.1 Å². The van der Waals surface area contributed by atoms with Gasteiger partial charge in [-0.2, -0.15) is 0 Å². The van der Waals surface area contributed by atoms with Crippen molar-refractivity contribution in [2.24, 2.45) is 0 Å². The molecular weight excluding hydrogens is 228 g/mol. The Hall–Kier alpha value is -1.16. The van der Waals surface area contributed by atoms with E-state index >= 15 is 0 Å². The van der Waals surface area contributed by atoms with Gasteiger partial charge in [-0.1, -0.05) is 19.3 Å². The number of nitrogens with zero attached hydrogens (tertiary/aromatic N) is 1. The van der Waals surface area contributed by atoms with Gasteiger partial charge in [-0.05, 0) is 26.7 Å². The van der Waals surface area contributed by atoms with Crippen LogP contribution >= 0.6 is 0 Å². The average molecular weight is 248 g/mol. The molecule has 0 atom stereocenters. The highest BCUT2D eigenvalue weighted by Gasteiger charge is 2.35. The van der Waals surface area contributed by atoms with Crippen molar-refractivity contribution in [2.75, 3.05) is 0 Å². The lowest BCUT2D eigenvalue weighted by molar-refractivity contribution is -0.0103. The third-order valence-electron chi connectivity index (χ3n) is 4.17. The van der Waals surface area contributed by atoms with Crippen molar-refractivity contribution in [1.29, 1.82) is 0 Å². The number of aromatic amines is 1. The number of aromatic nitrogens is 2. The van der Waals surface area contributed by atoms with Crippen LogP contribution in [0.15, 0.2) is 4.79 Å². The van der Waals surface area contributed by atoms with Crippen LogP contribution < -0.4 is 5.56 Å². The summed E-state index contributed by atoms with van der Waals surface area (Å²) in [6.45, 7) is 4.35. The molecule has 1 fully saturated rings. The van der Waals surface area contributed by atoms with Gasteiger partial charge in [-0.3, -0.25) is 4.79 Å². The Morgan fingerprint density at radius 3 is 2.72 bits per heavy atom. The zero-order valence-electron chi connectivity index (χ0n) is 11.1. The number of H-pyrrole nitrogens is 1. The van der Waals surface area contributed by atoms with Gasteiger partial charge in [0.2, 0.25) is 0 Å². The van der Waals surface area contributed by atoms with Crippen molar-refractivity contribution in [1.82, 2.24) is 9.97 Å². The van der Waals surface area contributed by atoms with E-state index in [1.807, 2.05) is 13.8 Å². The number of nitrogens with one attached hydrogen (secondary N) is 1. The van der Waals surface area contributed by atoms with Crippen molar-refractivity contribution in [3.8, 4) is 0 Å². The van der Waals surface area contributed by atoms with Gasteiger partial charge < -0.3 is 9.72 Å². The molecule has 3 rings (SSSR count). The Morgan fingerprint density at radius 1 is 1.28 bits per heavy atom. The third-order valence-corrected chi connectivity index (χ3v) is 4.17. The molecule has 1 aliphatic heterocycles. The number of fused-ring (bicyclic) bond motifs is 1. The molecule has 1 aliphatic carbocycles. The molecule has 1 aromatic heterocycles. The molecule has 98 valence electrons. The number of rotatable bonds is 1. The van der Waals surface area contributed by atoms with E-state index in [1.165, 1.54) is 19.3 Å². The topological polar surface area (TPSA) is 55.0 Å². The normalized spacial score (nSPS) is 23.0. The van der Waals surface area contributed by atoms with Gasteiger partial charge in [0, 0.05) is 5.92 Å². The number of hydrogen-bond donors (Lipinski definition) is 1. The summed E-state index contributed by atoms with van der Waals surface area (Å²) < 4.78 is 5.65. The van der Waals surface area contributed by atoms with E-state index in [2.05, 4.69) is 4.98 Å². The fraction of sp³-hybridized carbons (Fsp3) is 0.714. The highest BCUT2D eigenvalue weighted by atomic mass is 16.5. The number of ether oxygens (including phenoxy) is 1. The van der Waals surface area contributed by atoms with E-state index in [-0.39, 0.29) is 5.56 Å². The van der Waals surface area contributed by atoms with Gasteiger partial charge in [0.05, 0.1) is 17.9 Å². The molecule has 4 nitrogen and oxygen atoms in total. The second-order valence-corrected chi connectivity index (χ2v) is 5.91. The summed E-state index contributed by atoms with van der Waals surface area (Å²) in [5, 5.41) is 0. The van der Waals surface area contributed by atoms with Crippen LogP contribution in [0.25, 0.3) is 0 Å². The molecule has 1 saturated carbocycles. The minimum Gasteiger partial charge on any atom is -0.364 e. The SMILES string of the molecule is CC1(C)OCc2c1nc(C1CCCCC1)[nH]c2=O. The zero-order chi connectivity index (χ0) is 12.8. The van der Waals surface area contributed by atoms with Gasteiger partial charge in [-0.25, -0.2) is 4.98 Å². The monoisotopic (exact) mass is 248 g/mol. The lowest BCUT2D eigenvalue weighted by atomic mass is 9.88. The molecular formula is C14H20N2O2. The van der Waals surface area contributed by atoms with Crippen LogP contribution in [0.3, 0.4) is 0 Å². The Morgan fingerprint density at radius 2 is 2.00 bits per heavy atom. The summed E-state index contributed by atoms with van der Waals surface area (Å²) in [7, 11) is 0. The largest absolute Gasteiger partial charge is 0.364 e. The maximum Gasteiger partial charge on any atom is 0.256 e. The molecule has 0 unspecified atom stereocenters. The first-order chi connectivity index (χ1) is 8.58.